The van der Waals surface area contributed by atoms with E-state index >= 15 is 0 Å². The van der Waals surface area contributed by atoms with E-state index in [9.17, 15) is 14.4 Å². The van der Waals surface area contributed by atoms with Gasteiger partial charge in [-0.05, 0) is 57.9 Å². The van der Waals surface area contributed by atoms with Crippen LogP contribution in [0.1, 0.15) is 49.5 Å². The Hall–Kier alpha value is -2.40. The molecule has 0 saturated heterocycles. The summed E-state index contributed by atoms with van der Waals surface area (Å²) in [5, 5.41) is 28.7. The summed E-state index contributed by atoms with van der Waals surface area (Å²) in [6, 6.07) is 4.78. The van der Waals surface area contributed by atoms with E-state index in [0.29, 0.717) is 32.7 Å². The van der Waals surface area contributed by atoms with Gasteiger partial charge in [-0.1, -0.05) is 17.7 Å². The van der Waals surface area contributed by atoms with Crippen LogP contribution in [0.3, 0.4) is 0 Å². The third kappa shape index (κ3) is 15.9. The van der Waals surface area contributed by atoms with Crippen molar-refractivity contribution in [1.29, 1.82) is 0 Å². The summed E-state index contributed by atoms with van der Waals surface area (Å²) < 4.78 is 10.7. The molecular weight excluding hydrogens is 456 g/mol. The number of ether oxygens (including phenoxy) is 2. The van der Waals surface area contributed by atoms with Crippen LogP contribution in [0.15, 0.2) is 18.2 Å². The fourth-order valence-corrected chi connectivity index (χ4v) is 2.49. The minimum Gasteiger partial charge on any atom is -0.478 e. The lowest BCUT2D eigenvalue weighted by atomic mass is 10.1. The van der Waals surface area contributed by atoms with Gasteiger partial charge < -0.3 is 35.0 Å². The Kier molecular flexibility index (Phi) is 15.1. The maximum Gasteiger partial charge on any atom is 0.407 e. The second-order valence-corrected chi connectivity index (χ2v) is 8.48. The second-order valence-electron chi connectivity index (χ2n) is 8.07. The first-order valence-electron chi connectivity index (χ1n) is 10.4. The van der Waals surface area contributed by atoms with Crippen LogP contribution in [-0.4, -0.2) is 83.7 Å². The molecule has 0 fully saturated rings. The number of carbonyl (C=O) groups excluding carboxylic acids is 1. The normalized spacial score (nSPS) is 10.7. The van der Waals surface area contributed by atoms with Gasteiger partial charge in [0, 0.05) is 26.8 Å². The molecule has 0 aliphatic heterocycles. The molecule has 1 aromatic carbocycles. The predicted molar refractivity (Wildman–Crippen MR) is 124 cm³/mol. The SMILES string of the molecule is CC(C)(C)OC(=O)CNCCCOCc1ccc(Cl)c(C(=O)O)c1.CN(CCCO)C(=O)O. The van der Waals surface area contributed by atoms with Crippen molar-refractivity contribution < 1.29 is 39.2 Å². The molecule has 0 atom stereocenters. The van der Waals surface area contributed by atoms with Gasteiger partial charge in [-0.15, -0.1) is 0 Å². The Morgan fingerprint density at radius 3 is 2.36 bits per heavy atom. The Balaban J connectivity index is 0.000000960. The van der Waals surface area contributed by atoms with Crippen LogP contribution in [0.4, 0.5) is 4.79 Å². The van der Waals surface area contributed by atoms with Crippen molar-refractivity contribution in [3.05, 3.63) is 34.3 Å². The molecule has 1 amide bonds. The van der Waals surface area contributed by atoms with E-state index in [4.69, 9.17) is 36.4 Å². The van der Waals surface area contributed by atoms with Crippen molar-refractivity contribution in [3.63, 3.8) is 0 Å². The molecule has 0 saturated carbocycles. The number of carboxylic acid groups (broad SMARTS) is 2. The zero-order valence-corrected chi connectivity index (χ0v) is 20.4. The smallest absolute Gasteiger partial charge is 0.407 e. The molecule has 0 aliphatic rings. The number of aromatic carboxylic acids is 1. The number of carbonyl (C=O) groups is 3. The number of halogens is 1. The van der Waals surface area contributed by atoms with E-state index in [1.807, 2.05) is 20.8 Å². The van der Waals surface area contributed by atoms with Crippen molar-refractivity contribution in [2.45, 2.75) is 45.8 Å². The molecule has 1 aromatic rings. The van der Waals surface area contributed by atoms with Crippen molar-refractivity contribution >= 4 is 29.6 Å². The van der Waals surface area contributed by atoms with Crippen LogP contribution in [-0.2, 0) is 20.9 Å². The van der Waals surface area contributed by atoms with Gasteiger partial charge in [0.1, 0.15) is 5.60 Å². The third-order valence-electron chi connectivity index (χ3n) is 3.84. The van der Waals surface area contributed by atoms with Gasteiger partial charge >= 0.3 is 18.0 Å². The number of hydrogen-bond acceptors (Lipinski definition) is 7. The highest BCUT2D eigenvalue weighted by Crippen LogP contribution is 2.18. The molecule has 4 N–H and O–H groups in total. The van der Waals surface area contributed by atoms with Gasteiger partial charge in [0.05, 0.1) is 23.7 Å². The van der Waals surface area contributed by atoms with Gasteiger partial charge in [-0.2, -0.15) is 0 Å². The second kappa shape index (κ2) is 16.2. The molecule has 0 aromatic heterocycles. The summed E-state index contributed by atoms with van der Waals surface area (Å²) in [5.74, 6) is -1.35. The number of amides is 1. The molecule has 10 nitrogen and oxygen atoms in total. The number of carboxylic acids is 1. The van der Waals surface area contributed by atoms with Crippen LogP contribution >= 0.6 is 11.6 Å². The number of aliphatic hydroxyl groups excluding tert-OH is 1. The first kappa shape index (κ1) is 30.6. The number of nitrogens with zero attached hydrogens (tertiary/aromatic N) is 1. The highest BCUT2D eigenvalue weighted by atomic mass is 35.5. The van der Waals surface area contributed by atoms with Gasteiger partial charge in [0.2, 0.25) is 0 Å². The number of nitrogens with one attached hydrogen (secondary N) is 1. The van der Waals surface area contributed by atoms with Crippen molar-refractivity contribution in [3.8, 4) is 0 Å². The maximum absolute atomic E-state index is 11.5. The van der Waals surface area contributed by atoms with E-state index in [2.05, 4.69) is 5.32 Å². The highest BCUT2D eigenvalue weighted by Gasteiger charge is 2.15. The number of esters is 1. The monoisotopic (exact) mass is 490 g/mol. The van der Waals surface area contributed by atoms with E-state index in [0.717, 1.165) is 16.9 Å². The standard InChI is InChI=1S/C17H24ClNO5.C5H11NO3/c1-17(2,3)24-15(20)10-19-7-4-8-23-11-12-5-6-14(18)13(9-12)16(21)22;1-6(5(8)9)3-2-4-7/h5-6,9,19H,4,7-8,10-11H2,1-3H3,(H,21,22);7H,2-4H2,1H3,(H,8,9). The zero-order valence-electron chi connectivity index (χ0n) is 19.6. The van der Waals surface area contributed by atoms with Gasteiger partial charge in [0.15, 0.2) is 0 Å². The molecule has 188 valence electrons. The molecule has 0 spiro atoms. The zero-order chi connectivity index (χ0) is 25.4. The van der Waals surface area contributed by atoms with Crippen molar-refractivity contribution in [2.24, 2.45) is 0 Å². The Labute approximate surface area is 199 Å². The van der Waals surface area contributed by atoms with Crippen molar-refractivity contribution in [2.75, 3.05) is 39.9 Å². The minimum absolute atomic E-state index is 0.0393. The number of hydrogen-bond donors (Lipinski definition) is 4. The van der Waals surface area contributed by atoms with Gasteiger partial charge in [-0.3, -0.25) is 4.79 Å². The van der Waals surface area contributed by atoms with Crippen LogP contribution < -0.4 is 5.32 Å². The topological polar surface area (TPSA) is 146 Å². The molecule has 0 radical (unpaired) electrons. The quantitative estimate of drug-likeness (QED) is 0.256. The lowest BCUT2D eigenvalue weighted by molar-refractivity contribution is -0.153. The molecule has 0 unspecified atom stereocenters. The van der Waals surface area contributed by atoms with Crippen LogP contribution in [0.5, 0.6) is 0 Å². The molecule has 33 heavy (non-hydrogen) atoms. The van der Waals surface area contributed by atoms with Crippen LogP contribution in [0.25, 0.3) is 0 Å². The average Bonchev–Trinajstić information content (AvgIpc) is 2.71. The fourth-order valence-electron chi connectivity index (χ4n) is 2.29. The summed E-state index contributed by atoms with van der Waals surface area (Å²) in [7, 11) is 1.47. The minimum atomic E-state index is -1.06. The number of rotatable bonds is 12. The lowest BCUT2D eigenvalue weighted by Crippen LogP contribution is -2.32. The van der Waals surface area contributed by atoms with Gasteiger partial charge in [0.25, 0.3) is 0 Å². The molecule has 11 heteroatoms. The number of benzene rings is 1. The fraction of sp³-hybridized carbons (Fsp3) is 0.591. The molecule has 0 bridgehead atoms. The number of aliphatic hydroxyl groups is 1. The summed E-state index contributed by atoms with van der Waals surface area (Å²) in [4.78, 5) is 33.6. The summed E-state index contributed by atoms with van der Waals surface area (Å²) in [6.45, 7) is 7.50. The summed E-state index contributed by atoms with van der Waals surface area (Å²) in [5.41, 5.74) is 0.338. The molecule has 1 rings (SSSR count). The van der Waals surface area contributed by atoms with Crippen LogP contribution in [0, 0.1) is 0 Å². The van der Waals surface area contributed by atoms with E-state index in [1.165, 1.54) is 13.1 Å². The molecule has 0 aliphatic carbocycles. The lowest BCUT2D eigenvalue weighted by Gasteiger charge is -2.19. The first-order chi connectivity index (χ1) is 15.4. The maximum atomic E-state index is 11.5. The Morgan fingerprint density at radius 1 is 1.15 bits per heavy atom. The Morgan fingerprint density at radius 2 is 1.82 bits per heavy atom. The average molecular weight is 491 g/mol. The largest absolute Gasteiger partial charge is 0.478 e. The van der Waals surface area contributed by atoms with Gasteiger partial charge in [-0.25, -0.2) is 9.59 Å². The summed E-state index contributed by atoms with van der Waals surface area (Å²) >= 11 is 5.81. The van der Waals surface area contributed by atoms with E-state index in [-0.39, 0.29) is 29.7 Å². The van der Waals surface area contributed by atoms with E-state index in [1.54, 1.807) is 12.1 Å². The van der Waals surface area contributed by atoms with E-state index < -0.39 is 17.7 Å². The summed E-state index contributed by atoms with van der Waals surface area (Å²) in [6.07, 6.45) is 0.272. The highest BCUT2D eigenvalue weighted by molar-refractivity contribution is 6.33. The Bertz CT molecular complexity index is 752. The molecule has 0 heterocycles. The predicted octanol–water partition coefficient (Wildman–Crippen LogP) is 2.85. The molecular formula is C22H35ClN2O8. The van der Waals surface area contributed by atoms with Crippen molar-refractivity contribution in [1.82, 2.24) is 10.2 Å². The third-order valence-corrected chi connectivity index (χ3v) is 4.17. The first-order valence-corrected chi connectivity index (χ1v) is 10.8. The van der Waals surface area contributed by atoms with Crippen LogP contribution in [0.2, 0.25) is 5.02 Å².